The Balaban J connectivity index is 3.87. The van der Waals surface area contributed by atoms with Gasteiger partial charge in [0.25, 0.3) is 0 Å². The second kappa shape index (κ2) is 5.03. The molecule has 84 valence electrons. The lowest BCUT2D eigenvalue weighted by Crippen LogP contribution is -2.28. The van der Waals surface area contributed by atoms with Crippen LogP contribution < -0.4 is 0 Å². The van der Waals surface area contributed by atoms with Gasteiger partial charge in [0, 0.05) is 4.75 Å². The zero-order valence-corrected chi connectivity index (χ0v) is 10.4. The molecule has 0 amide bonds. The molecular formula is C10H20O3S. The monoisotopic (exact) mass is 220 g/mol. The molecule has 0 fully saturated rings. The Morgan fingerprint density at radius 2 is 1.79 bits per heavy atom. The van der Waals surface area contributed by atoms with Crippen LogP contribution in [0.15, 0.2) is 0 Å². The summed E-state index contributed by atoms with van der Waals surface area (Å²) in [4.78, 5) is 11.3. The van der Waals surface area contributed by atoms with Gasteiger partial charge < -0.3 is 9.84 Å². The largest absolute Gasteiger partial charge is 0.459 e. The minimum absolute atomic E-state index is 0.0560. The van der Waals surface area contributed by atoms with E-state index in [2.05, 4.69) is 0 Å². The lowest BCUT2D eigenvalue weighted by molar-refractivity contribution is -0.151. The fourth-order valence-corrected chi connectivity index (χ4v) is 1.33. The van der Waals surface area contributed by atoms with Crippen LogP contribution >= 0.6 is 11.8 Å². The van der Waals surface area contributed by atoms with E-state index < -0.39 is 5.60 Å². The van der Waals surface area contributed by atoms with Gasteiger partial charge in [-0.2, -0.15) is 0 Å². The van der Waals surface area contributed by atoms with Crippen molar-refractivity contribution in [2.45, 2.75) is 45.0 Å². The van der Waals surface area contributed by atoms with E-state index in [9.17, 15) is 4.79 Å². The van der Waals surface area contributed by atoms with Gasteiger partial charge in [-0.1, -0.05) is 0 Å². The maximum Gasteiger partial charge on any atom is 0.316 e. The van der Waals surface area contributed by atoms with Gasteiger partial charge in [-0.25, -0.2) is 0 Å². The summed E-state index contributed by atoms with van der Waals surface area (Å²) in [6.07, 6.45) is 0. The number of hydrogen-bond donors (Lipinski definition) is 1. The predicted molar refractivity (Wildman–Crippen MR) is 59.5 cm³/mol. The number of thioether (sulfide) groups is 1. The Morgan fingerprint density at radius 1 is 1.29 bits per heavy atom. The van der Waals surface area contributed by atoms with E-state index in [4.69, 9.17) is 9.84 Å². The van der Waals surface area contributed by atoms with Gasteiger partial charge in [-0.05, 0) is 34.6 Å². The molecule has 0 aromatic carbocycles. The number of hydrogen-bond acceptors (Lipinski definition) is 4. The molecule has 14 heavy (non-hydrogen) atoms. The first kappa shape index (κ1) is 13.8. The van der Waals surface area contributed by atoms with Crippen molar-refractivity contribution >= 4 is 17.7 Å². The average Bonchev–Trinajstić information content (AvgIpc) is 1.98. The van der Waals surface area contributed by atoms with E-state index in [-0.39, 0.29) is 23.1 Å². The Hall–Kier alpha value is -0.220. The summed E-state index contributed by atoms with van der Waals surface area (Å²) in [6.45, 7) is 9.36. The van der Waals surface area contributed by atoms with E-state index in [1.54, 1.807) is 0 Å². The van der Waals surface area contributed by atoms with Gasteiger partial charge in [0.05, 0.1) is 12.4 Å². The molecule has 0 spiro atoms. The van der Waals surface area contributed by atoms with E-state index in [1.165, 1.54) is 11.8 Å². The van der Waals surface area contributed by atoms with Gasteiger partial charge in [0.2, 0.25) is 0 Å². The van der Waals surface area contributed by atoms with Crippen LogP contribution in [0, 0.1) is 0 Å². The van der Waals surface area contributed by atoms with Crippen LogP contribution in [0.4, 0.5) is 0 Å². The second-order valence-corrected chi connectivity index (χ2v) is 6.48. The zero-order valence-electron chi connectivity index (χ0n) is 9.59. The molecule has 0 heterocycles. The average molecular weight is 220 g/mol. The Kier molecular flexibility index (Phi) is 4.95. The van der Waals surface area contributed by atoms with Crippen molar-refractivity contribution in [1.82, 2.24) is 0 Å². The molecule has 0 atom stereocenters. The highest BCUT2D eigenvalue weighted by Crippen LogP contribution is 2.24. The first-order valence-electron chi connectivity index (χ1n) is 4.63. The van der Waals surface area contributed by atoms with Crippen molar-refractivity contribution in [2.24, 2.45) is 0 Å². The Bertz CT molecular complexity index is 194. The maximum atomic E-state index is 11.3. The molecule has 0 aromatic rings. The van der Waals surface area contributed by atoms with E-state index in [0.29, 0.717) is 0 Å². The van der Waals surface area contributed by atoms with Gasteiger partial charge in [0.1, 0.15) is 5.60 Å². The molecule has 0 aliphatic carbocycles. The SMILES string of the molecule is CC(C)(C)OC(=O)CSC(C)(C)CO. The molecule has 4 heteroatoms. The second-order valence-electron chi connectivity index (χ2n) is 4.79. The summed E-state index contributed by atoms with van der Waals surface area (Å²) < 4.78 is 4.86. The topological polar surface area (TPSA) is 46.5 Å². The van der Waals surface area contributed by atoms with Crippen LogP contribution in [0.1, 0.15) is 34.6 Å². The molecule has 1 N–H and O–H groups in total. The molecule has 0 rings (SSSR count). The number of aliphatic hydroxyl groups is 1. The highest BCUT2D eigenvalue weighted by atomic mass is 32.2. The van der Waals surface area contributed by atoms with Crippen LogP contribution in [-0.4, -0.2) is 33.8 Å². The summed E-state index contributed by atoms with van der Waals surface area (Å²) in [6, 6.07) is 0. The number of aliphatic hydroxyl groups excluding tert-OH is 1. The van der Waals surface area contributed by atoms with Crippen LogP contribution in [0.2, 0.25) is 0 Å². The summed E-state index contributed by atoms with van der Waals surface area (Å²) in [5.41, 5.74) is -0.430. The Morgan fingerprint density at radius 3 is 2.14 bits per heavy atom. The third kappa shape index (κ3) is 7.21. The quantitative estimate of drug-likeness (QED) is 0.734. The fraction of sp³-hybridized carbons (Fsp3) is 0.900. The van der Waals surface area contributed by atoms with Crippen LogP contribution in [0.25, 0.3) is 0 Å². The third-order valence-electron chi connectivity index (χ3n) is 1.38. The van der Waals surface area contributed by atoms with Crippen LogP contribution in [0.5, 0.6) is 0 Å². The minimum atomic E-state index is -0.430. The predicted octanol–water partition coefficient (Wildman–Crippen LogP) is 1.83. The standard InChI is InChI=1S/C10H20O3S/c1-9(2,3)13-8(12)6-14-10(4,5)7-11/h11H,6-7H2,1-5H3. The smallest absolute Gasteiger partial charge is 0.316 e. The first-order chi connectivity index (χ1) is 6.16. The Labute approximate surface area is 90.2 Å². The van der Waals surface area contributed by atoms with Crippen molar-refractivity contribution in [3.63, 3.8) is 0 Å². The van der Waals surface area contributed by atoms with Gasteiger partial charge >= 0.3 is 5.97 Å². The molecule has 0 unspecified atom stereocenters. The molecule has 0 saturated heterocycles. The molecular weight excluding hydrogens is 200 g/mol. The molecule has 0 aliphatic heterocycles. The lowest BCUT2D eigenvalue weighted by atomic mass is 10.2. The van der Waals surface area contributed by atoms with Gasteiger partial charge in [-0.15, -0.1) is 11.8 Å². The molecule has 3 nitrogen and oxygen atoms in total. The number of carbonyl (C=O) groups is 1. The maximum absolute atomic E-state index is 11.3. The van der Waals surface area contributed by atoms with Crippen molar-refractivity contribution in [3.05, 3.63) is 0 Å². The van der Waals surface area contributed by atoms with Crippen molar-refractivity contribution in [2.75, 3.05) is 12.4 Å². The summed E-state index contributed by atoms with van der Waals surface area (Å²) in [5, 5.41) is 8.97. The highest BCUT2D eigenvalue weighted by Gasteiger charge is 2.21. The summed E-state index contributed by atoms with van der Waals surface area (Å²) >= 11 is 1.40. The van der Waals surface area contributed by atoms with E-state index in [0.717, 1.165) is 0 Å². The summed E-state index contributed by atoms with van der Waals surface area (Å²) in [7, 11) is 0. The zero-order chi connectivity index (χ0) is 11.4. The van der Waals surface area contributed by atoms with Gasteiger partial charge in [-0.3, -0.25) is 4.79 Å². The molecule has 0 bridgehead atoms. The number of ether oxygens (including phenoxy) is 1. The van der Waals surface area contributed by atoms with Gasteiger partial charge in [0.15, 0.2) is 0 Å². The molecule has 0 aromatic heterocycles. The number of carbonyl (C=O) groups excluding carboxylic acids is 1. The molecule has 0 radical (unpaired) electrons. The van der Waals surface area contributed by atoms with E-state index in [1.807, 2.05) is 34.6 Å². The minimum Gasteiger partial charge on any atom is -0.459 e. The van der Waals surface area contributed by atoms with E-state index >= 15 is 0 Å². The van der Waals surface area contributed by atoms with Crippen LogP contribution in [0.3, 0.4) is 0 Å². The number of rotatable bonds is 4. The fourth-order valence-electron chi connectivity index (χ4n) is 0.671. The van der Waals surface area contributed by atoms with Crippen molar-refractivity contribution < 1.29 is 14.6 Å². The first-order valence-corrected chi connectivity index (χ1v) is 5.61. The normalized spacial score (nSPS) is 12.7. The number of esters is 1. The molecule has 0 aliphatic rings. The lowest BCUT2D eigenvalue weighted by Gasteiger charge is -2.23. The summed E-state index contributed by atoms with van der Waals surface area (Å²) in [5.74, 6) is 0.0502. The van der Waals surface area contributed by atoms with Crippen LogP contribution in [-0.2, 0) is 9.53 Å². The highest BCUT2D eigenvalue weighted by molar-refractivity contribution is 8.01. The molecule has 0 saturated carbocycles. The third-order valence-corrected chi connectivity index (χ3v) is 2.67. The van der Waals surface area contributed by atoms with Crippen molar-refractivity contribution in [1.29, 1.82) is 0 Å². The van der Waals surface area contributed by atoms with Crippen molar-refractivity contribution in [3.8, 4) is 0 Å².